The van der Waals surface area contributed by atoms with Gasteiger partial charge in [0.05, 0.1) is 11.4 Å². The zero-order chi connectivity index (χ0) is 41.6. The molecule has 8 rings (SSSR count). The second kappa shape index (κ2) is 17.9. The smallest absolute Gasteiger partial charge is 0.0540 e. The monoisotopic (exact) mass is 778 g/mol. The van der Waals surface area contributed by atoms with E-state index in [2.05, 4.69) is 246 Å². The Bertz CT molecular complexity index is 2840. The Morgan fingerprint density at radius 1 is 0.400 bits per heavy atom. The highest BCUT2D eigenvalue weighted by atomic mass is 15.2. The lowest BCUT2D eigenvalue weighted by Gasteiger charge is -2.29. The maximum atomic E-state index is 2.43. The van der Waals surface area contributed by atoms with Crippen LogP contribution in [0.3, 0.4) is 0 Å². The second-order valence-electron chi connectivity index (χ2n) is 16.3. The zero-order valence-corrected chi connectivity index (χ0v) is 35.8. The van der Waals surface area contributed by atoms with Gasteiger partial charge in [-0.25, -0.2) is 0 Å². The first-order valence-electron chi connectivity index (χ1n) is 21.2. The van der Waals surface area contributed by atoms with Crippen LogP contribution < -0.4 is 9.80 Å². The van der Waals surface area contributed by atoms with Crippen LogP contribution in [0.2, 0.25) is 0 Å². The van der Waals surface area contributed by atoms with E-state index in [-0.39, 0.29) is 0 Å². The van der Waals surface area contributed by atoms with Crippen LogP contribution in [0.5, 0.6) is 0 Å². The van der Waals surface area contributed by atoms with Gasteiger partial charge in [0, 0.05) is 33.5 Å². The van der Waals surface area contributed by atoms with E-state index in [1.54, 1.807) is 0 Å². The molecule has 0 heterocycles. The number of allylic oxidation sites excluding steroid dienone is 11. The van der Waals surface area contributed by atoms with E-state index in [4.69, 9.17) is 0 Å². The zero-order valence-electron chi connectivity index (χ0n) is 35.8. The highest BCUT2D eigenvalue weighted by Gasteiger charge is 2.20. The Morgan fingerprint density at radius 3 is 1.30 bits per heavy atom. The first-order valence-corrected chi connectivity index (χ1v) is 21.2. The molecule has 0 radical (unpaired) electrons. The Labute approximate surface area is 357 Å². The summed E-state index contributed by atoms with van der Waals surface area (Å²) in [5.41, 5.74) is 16.9. The Kier molecular flexibility index (Phi) is 11.9. The van der Waals surface area contributed by atoms with Gasteiger partial charge in [-0.2, -0.15) is 0 Å². The number of rotatable bonds is 11. The predicted octanol–water partition coefficient (Wildman–Crippen LogP) is 17.2. The number of nitrogens with zero attached hydrogens (tertiary/aromatic N) is 2. The molecule has 1 aliphatic rings. The summed E-state index contributed by atoms with van der Waals surface area (Å²) in [4.78, 5) is 4.81. The minimum atomic E-state index is 1.03. The van der Waals surface area contributed by atoms with Crippen molar-refractivity contribution in [2.75, 3.05) is 9.80 Å². The molecule has 60 heavy (non-hydrogen) atoms. The van der Waals surface area contributed by atoms with Gasteiger partial charge in [0.15, 0.2) is 0 Å². The minimum absolute atomic E-state index is 1.03. The average Bonchev–Trinajstić information content (AvgIpc) is 3.29. The molecule has 0 aromatic heterocycles. The molecular weight excluding hydrogens is 725 g/mol. The molecule has 2 heteroatoms. The van der Waals surface area contributed by atoms with Crippen LogP contribution in [0.1, 0.15) is 65.5 Å². The van der Waals surface area contributed by atoms with Gasteiger partial charge in [-0.05, 0) is 153 Å². The van der Waals surface area contributed by atoms with Crippen molar-refractivity contribution >= 4 is 61.1 Å². The maximum Gasteiger partial charge on any atom is 0.0540 e. The molecule has 0 N–H and O–H groups in total. The fourth-order valence-corrected chi connectivity index (χ4v) is 8.21. The molecule has 2 nitrogen and oxygen atoms in total. The summed E-state index contributed by atoms with van der Waals surface area (Å²) in [5, 5.41) is 4.95. The third-order valence-corrected chi connectivity index (χ3v) is 11.3. The number of anilines is 5. The van der Waals surface area contributed by atoms with Gasteiger partial charge < -0.3 is 9.80 Å². The Morgan fingerprint density at radius 2 is 0.833 bits per heavy atom. The van der Waals surface area contributed by atoms with Crippen molar-refractivity contribution in [1.82, 2.24) is 0 Å². The quantitative estimate of drug-likeness (QED) is 0.121. The van der Waals surface area contributed by atoms with Gasteiger partial charge in [-0.1, -0.05) is 151 Å². The van der Waals surface area contributed by atoms with Gasteiger partial charge >= 0.3 is 0 Å². The third kappa shape index (κ3) is 8.46. The lowest BCUT2D eigenvalue weighted by Crippen LogP contribution is -2.16. The third-order valence-electron chi connectivity index (χ3n) is 11.3. The van der Waals surface area contributed by atoms with E-state index in [1.807, 2.05) is 0 Å². The number of hydrogen-bond acceptors (Lipinski definition) is 2. The van der Waals surface area contributed by atoms with Gasteiger partial charge in [-0.15, -0.1) is 0 Å². The predicted molar refractivity (Wildman–Crippen MR) is 263 cm³/mol. The lowest BCUT2D eigenvalue weighted by atomic mass is 9.96. The standard InChI is InChI=1S/C58H54N2/c1-41(2)25-27-43(5)51-37-39-57(55-23-15-13-21-53(51)55)59(47-17-9-7-10-18-47)49-33-29-45(30-34-49)46-31-35-50(36-32-46)60(48-19-11-8-12-20-48)58-40-38-52(44(6)28-26-42(3)4)54-22-14-16-24-56(54)58/h7,9-11,13-40H,8,12H2,1-6H3/b43-27+,44-28+. The van der Waals surface area contributed by atoms with E-state index >= 15 is 0 Å². The SMILES string of the molecule is CC(C)=C/C=C(\C)c1ccc(N(C2=CCCC=C2)c2ccc(-c3ccc(N(c4ccccc4)c4ccc(/C(C)=C/C=C(C)C)c5ccccc45)cc3)cc2)c2ccccc12. The minimum Gasteiger partial charge on any atom is -0.310 e. The molecule has 0 unspecified atom stereocenters. The number of hydrogen-bond donors (Lipinski definition) is 0. The highest BCUT2D eigenvalue weighted by molar-refractivity contribution is 6.05. The molecule has 1 aliphatic carbocycles. The molecule has 0 bridgehead atoms. The maximum absolute atomic E-state index is 2.43. The Balaban J connectivity index is 1.15. The Hall–Kier alpha value is -6.90. The van der Waals surface area contributed by atoms with E-state index in [0.29, 0.717) is 0 Å². The van der Waals surface area contributed by atoms with Crippen LogP contribution in [-0.2, 0) is 0 Å². The molecule has 0 fully saturated rings. The molecule has 0 amide bonds. The van der Waals surface area contributed by atoms with Crippen molar-refractivity contribution in [2.45, 2.75) is 54.4 Å². The van der Waals surface area contributed by atoms with Crippen LogP contribution >= 0.6 is 0 Å². The molecule has 7 aromatic rings. The summed E-state index contributed by atoms with van der Waals surface area (Å²) >= 11 is 0. The van der Waals surface area contributed by atoms with Crippen molar-refractivity contribution in [3.63, 3.8) is 0 Å². The molecule has 0 atom stereocenters. The van der Waals surface area contributed by atoms with Crippen molar-refractivity contribution in [3.05, 3.63) is 222 Å². The van der Waals surface area contributed by atoms with E-state index in [0.717, 1.165) is 35.6 Å². The van der Waals surface area contributed by atoms with Gasteiger partial charge in [0.25, 0.3) is 0 Å². The average molecular weight is 779 g/mol. The van der Waals surface area contributed by atoms with E-state index in [1.165, 1.54) is 77.5 Å². The second-order valence-corrected chi connectivity index (χ2v) is 16.3. The summed E-state index contributed by atoms with van der Waals surface area (Å²) in [7, 11) is 0. The molecule has 7 aromatic carbocycles. The molecule has 0 spiro atoms. The largest absolute Gasteiger partial charge is 0.310 e. The van der Waals surface area contributed by atoms with Crippen LogP contribution in [-0.4, -0.2) is 0 Å². The van der Waals surface area contributed by atoms with Crippen LogP contribution in [0, 0.1) is 0 Å². The molecular formula is C58H54N2. The number of benzene rings is 7. The van der Waals surface area contributed by atoms with Crippen molar-refractivity contribution in [3.8, 4) is 11.1 Å². The summed E-state index contributed by atoms with van der Waals surface area (Å²) in [5.74, 6) is 0. The van der Waals surface area contributed by atoms with E-state index < -0.39 is 0 Å². The van der Waals surface area contributed by atoms with Gasteiger partial charge in [-0.3, -0.25) is 0 Å². The van der Waals surface area contributed by atoms with Crippen LogP contribution in [0.15, 0.2) is 211 Å². The first-order chi connectivity index (χ1) is 29.3. The topological polar surface area (TPSA) is 6.48 Å². The van der Waals surface area contributed by atoms with Crippen molar-refractivity contribution < 1.29 is 0 Å². The summed E-state index contributed by atoms with van der Waals surface area (Å²) in [6.45, 7) is 13.0. The normalized spacial score (nSPS) is 12.9. The lowest BCUT2D eigenvalue weighted by molar-refractivity contribution is 0.998. The summed E-state index contributed by atoms with van der Waals surface area (Å²) in [6.07, 6.45) is 17.9. The molecule has 0 saturated carbocycles. The number of fused-ring (bicyclic) bond motifs is 2. The summed E-state index contributed by atoms with van der Waals surface area (Å²) < 4.78 is 0. The first kappa shape index (κ1) is 39.9. The fourth-order valence-electron chi connectivity index (χ4n) is 8.21. The van der Waals surface area contributed by atoms with Gasteiger partial charge in [0.2, 0.25) is 0 Å². The van der Waals surface area contributed by atoms with E-state index in [9.17, 15) is 0 Å². The molecule has 296 valence electrons. The molecule has 0 aliphatic heterocycles. The van der Waals surface area contributed by atoms with Gasteiger partial charge in [0.1, 0.15) is 0 Å². The highest BCUT2D eigenvalue weighted by Crippen LogP contribution is 2.43. The number of para-hydroxylation sites is 1. The van der Waals surface area contributed by atoms with Crippen LogP contribution in [0.4, 0.5) is 28.4 Å². The summed E-state index contributed by atoms with van der Waals surface area (Å²) in [6, 6.07) is 55.5. The fraction of sp³-hybridized carbons (Fsp3) is 0.138. The van der Waals surface area contributed by atoms with Crippen molar-refractivity contribution in [2.24, 2.45) is 0 Å². The van der Waals surface area contributed by atoms with Crippen LogP contribution in [0.25, 0.3) is 43.8 Å². The van der Waals surface area contributed by atoms with Crippen molar-refractivity contribution in [1.29, 1.82) is 0 Å². The molecule has 0 saturated heterocycles.